The molecular formula is C13H18N2O3S. The van der Waals surface area contributed by atoms with Crippen LogP contribution >= 0.6 is 11.8 Å². The lowest BCUT2D eigenvalue weighted by atomic mass is 9.92. The second-order valence-corrected chi connectivity index (χ2v) is 6.68. The number of allylic oxidation sites excluding steroid dienone is 2. The van der Waals surface area contributed by atoms with E-state index in [1.54, 1.807) is 11.8 Å². The van der Waals surface area contributed by atoms with Crippen LogP contribution in [0.4, 0.5) is 0 Å². The van der Waals surface area contributed by atoms with Gasteiger partial charge in [-0.25, -0.2) is 4.79 Å². The van der Waals surface area contributed by atoms with Crippen molar-refractivity contribution in [2.75, 3.05) is 12.3 Å². The molecule has 4 unspecified atom stereocenters. The van der Waals surface area contributed by atoms with Gasteiger partial charge in [0.05, 0.1) is 11.9 Å². The molecule has 6 heteroatoms. The number of nitrogens with zero attached hydrogens (tertiary/aromatic N) is 1. The van der Waals surface area contributed by atoms with E-state index in [-0.39, 0.29) is 17.8 Å². The maximum Gasteiger partial charge on any atom is 0.327 e. The molecule has 0 radical (unpaired) electrons. The van der Waals surface area contributed by atoms with Gasteiger partial charge in [-0.05, 0) is 30.6 Å². The van der Waals surface area contributed by atoms with Gasteiger partial charge in [0.1, 0.15) is 6.04 Å². The zero-order valence-corrected chi connectivity index (χ0v) is 11.4. The molecule has 1 heterocycles. The highest BCUT2D eigenvalue weighted by molar-refractivity contribution is 8.00. The first-order chi connectivity index (χ1) is 9.11. The Morgan fingerprint density at radius 1 is 1.37 bits per heavy atom. The molecule has 2 bridgehead atoms. The standard InChI is InChI=1S/C13H18N2O3S/c14-5-11(16)15-10(13(17)18)6-19-12(15)9-4-7-1-2-8(9)3-7/h1-2,7-10,12H,3-6,14H2,(H,17,18)/t7?,8?,9?,10-,12?/m0/s1. The molecule has 2 aliphatic carbocycles. The van der Waals surface area contributed by atoms with Crippen molar-refractivity contribution < 1.29 is 14.7 Å². The first kappa shape index (κ1) is 13.0. The summed E-state index contributed by atoms with van der Waals surface area (Å²) in [4.78, 5) is 24.8. The third-order valence-corrected chi connectivity index (χ3v) is 5.91. The minimum atomic E-state index is -0.921. The molecule has 0 spiro atoms. The van der Waals surface area contributed by atoms with E-state index >= 15 is 0 Å². The van der Waals surface area contributed by atoms with Crippen LogP contribution in [-0.4, -0.2) is 45.6 Å². The normalized spacial score (nSPS) is 40.1. The first-order valence-electron chi connectivity index (χ1n) is 6.65. The van der Waals surface area contributed by atoms with Crippen LogP contribution in [-0.2, 0) is 9.59 Å². The molecule has 0 aromatic rings. The fraction of sp³-hybridized carbons (Fsp3) is 0.692. The molecule has 1 amide bonds. The molecule has 3 aliphatic rings. The van der Waals surface area contributed by atoms with Crippen LogP contribution in [0.2, 0.25) is 0 Å². The molecule has 104 valence electrons. The number of hydrogen-bond donors (Lipinski definition) is 2. The molecule has 19 heavy (non-hydrogen) atoms. The van der Waals surface area contributed by atoms with Crippen molar-refractivity contribution in [1.82, 2.24) is 4.90 Å². The van der Waals surface area contributed by atoms with E-state index in [4.69, 9.17) is 5.73 Å². The number of hydrogen-bond acceptors (Lipinski definition) is 4. The molecule has 5 atom stereocenters. The Kier molecular flexibility index (Phi) is 3.30. The SMILES string of the molecule is NCC(=O)N1C(C2CC3C=CC2C3)SC[C@H]1C(=O)O. The number of carbonyl (C=O) groups is 2. The Bertz CT molecular complexity index is 440. The maximum absolute atomic E-state index is 12.0. The van der Waals surface area contributed by atoms with Crippen LogP contribution < -0.4 is 5.73 Å². The monoisotopic (exact) mass is 282 g/mol. The van der Waals surface area contributed by atoms with Crippen LogP contribution in [0.5, 0.6) is 0 Å². The van der Waals surface area contributed by atoms with Crippen molar-refractivity contribution in [3.05, 3.63) is 12.2 Å². The van der Waals surface area contributed by atoms with Crippen LogP contribution in [0.1, 0.15) is 12.8 Å². The van der Waals surface area contributed by atoms with Crippen molar-refractivity contribution in [3.8, 4) is 0 Å². The number of aliphatic carboxylic acids is 1. The smallest absolute Gasteiger partial charge is 0.327 e. The van der Waals surface area contributed by atoms with Crippen LogP contribution in [0, 0.1) is 17.8 Å². The average Bonchev–Trinajstić information content (AvgIpc) is 3.10. The van der Waals surface area contributed by atoms with Gasteiger partial charge < -0.3 is 15.7 Å². The second kappa shape index (κ2) is 4.83. The topological polar surface area (TPSA) is 83.6 Å². The van der Waals surface area contributed by atoms with Crippen LogP contribution in [0.25, 0.3) is 0 Å². The number of carboxylic acid groups (broad SMARTS) is 1. The molecule has 1 saturated heterocycles. The van der Waals surface area contributed by atoms with Crippen molar-refractivity contribution >= 4 is 23.6 Å². The fourth-order valence-electron chi connectivity index (χ4n) is 3.62. The number of thioether (sulfide) groups is 1. The number of fused-ring (bicyclic) bond motifs is 2. The third-order valence-electron chi connectivity index (χ3n) is 4.48. The Labute approximate surface area is 116 Å². The van der Waals surface area contributed by atoms with Crippen LogP contribution in [0.3, 0.4) is 0 Å². The summed E-state index contributed by atoms with van der Waals surface area (Å²) in [5.74, 6) is 0.825. The number of carboxylic acids is 1. The summed E-state index contributed by atoms with van der Waals surface area (Å²) in [6.45, 7) is -0.114. The van der Waals surface area contributed by atoms with Crippen molar-refractivity contribution in [2.45, 2.75) is 24.3 Å². The van der Waals surface area contributed by atoms with Gasteiger partial charge >= 0.3 is 5.97 Å². The Morgan fingerprint density at radius 2 is 2.16 bits per heavy atom. The molecule has 1 aliphatic heterocycles. The Morgan fingerprint density at radius 3 is 2.68 bits per heavy atom. The summed E-state index contributed by atoms with van der Waals surface area (Å²) in [7, 11) is 0. The molecule has 0 aromatic carbocycles. The number of carbonyl (C=O) groups excluding carboxylic acids is 1. The van der Waals surface area contributed by atoms with Gasteiger partial charge in [0.15, 0.2) is 0 Å². The van der Waals surface area contributed by atoms with E-state index in [1.807, 2.05) is 0 Å². The lowest BCUT2D eigenvalue weighted by molar-refractivity contribution is -0.149. The number of amides is 1. The molecule has 2 fully saturated rings. The van der Waals surface area contributed by atoms with E-state index in [1.165, 1.54) is 4.90 Å². The second-order valence-electron chi connectivity index (χ2n) is 5.53. The van der Waals surface area contributed by atoms with E-state index < -0.39 is 12.0 Å². The Balaban J connectivity index is 1.82. The van der Waals surface area contributed by atoms with Gasteiger partial charge in [0, 0.05) is 5.75 Å². The first-order valence-corrected chi connectivity index (χ1v) is 7.70. The number of nitrogens with two attached hydrogens (primary N) is 1. The van der Waals surface area contributed by atoms with Gasteiger partial charge in [0.2, 0.25) is 5.91 Å². The van der Waals surface area contributed by atoms with Crippen molar-refractivity contribution in [3.63, 3.8) is 0 Å². The van der Waals surface area contributed by atoms with E-state index in [0.29, 0.717) is 23.5 Å². The summed E-state index contributed by atoms with van der Waals surface area (Å²) in [6.07, 6.45) is 6.72. The third kappa shape index (κ3) is 2.07. The predicted molar refractivity (Wildman–Crippen MR) is 72.4 cm³/mol. The molecule has 3 N–H and O–H groups in total. The highest BCUT2D eigenvalue weighted by Crippen LogP contribution is 2.50. The highest BCUT2D eigenvalue weighted by atomic mass is 32.2. The number of rotatable bonds is 3. The van der Waals surface area contributed by atoms with Crippen molar-refractivity contribution in [2.24, 2.45) is 23.5 Å². The zero-order chi connectivity index (χ0) is 13.6. The molecular weight excluding hydrogens is 264 g/mol. The largest absolute Gasteiger partial charge is 0.480 e. The summed E-state index contributed by atoms with van der Waals surface area (Å²) in [5.41, 5.74) is 5.44. The van der Waals surface area contributed by atoms with Gasteiger partial charge in [0.25, 0.3) is 0 Å². The van der Waals surface area contributed by atoms with Crippen molar-refractivity contribution in [1.29, 1.82) is 0 Å². The van der Waals surface area contributed by atoms with Crippen LogP contribution in [0.15, 0.2) is 12.2 Å². The predicted octanol–water partition coefficient (Wildman–Crippen LogP) is 0.512. The summed E-state index contributed by atoms with van der Waals surface area (Å²) in [5, 5.41) is 9.24. The van der Waals surface area contributed by atoms with Gasteiger partial charge in [-0.1, -0.05) is 12.2 Å². The molecule has 0 aromatic heterocycles. The van der Waals surface area contributed by atoms with E-state index in [2.05, 4.69) is 12.2 Å². The van der Waals surface area contributed by atoms with Gasteiger partial charge in [-0.2, -0.15) is 0 Å². The Hall–Kier alpha value is -1.01. The van der Waals surface area contributed by atoms with Gasteiger partial charge in [-0.3, -0.25) is 4.79 Å². The van der Waals surface area contributed by atoms with Gasteiger partial charge in [-0.15, -0.1) is 11.8 Å². The minimum Gasteiger partial charge on any atom is -0.480 e. The molecule has 1 saturated carbocycles. The lowest BCUT2D eigenvalue weighted by Crippen LogP contribution is -2.50. The minimum absolute atomic E-state index is 0.0166. The fourth-order valence-corrected chi connectivity index (χ4v) is 5.29. The maximum atomic E-state index is 12.0. The summed E-state index contributed by atoms with van der Waals surface area (Å²) < 4.78 is 0. The molecule has 3 rings (SSSR count). The highest BCUT2D eigenvalue weighted by Gasteiger charge is 2.49. The lowest BCUT2D eigenvalue weighted by Gasteiger charge is -2.33. The zero-order valence-electron chi connectivity index (χ0n) is 10.6. The quantitative estimate of drug-likeness (QED) is 0.737. The summed E-state index contributed by atoms with van der Waals surface area (Å²) in [6, 6.07) is -0.714. The van der Waals surface area contributed by atoms with E-state index in [9.17, 15) is 14.7 Å². The molecule has 5 nitrogen and oxygen atoms in total. The average molecular weight is 282 g/mol. The van der Waals surface area contributed by atoms with E-state index in [0.717, 1.165) is 12.8 Å². The summed E-state index contributed by atoms with van der Waals surface area (Å²) >= 11 is 1.60.